The summed E-state index contributed by atoms with van der Waals surface area (Å²) in [5, 5.41) is 22.8. The number of hydrogen-bond acceptors (Lipinski definition) is 8. The van der Waals surface area contributed by atoms with E-state index in [1.165, 1.54) is 12.1 Å². The summed E-state index contributed by atoms with van der Waals surface area (Å²) in [6, 6.07) is 11.4. The Balaban J connectivity index is 0.000000559. The van der Waals surface area contributed by atoms with E-state index in [4.69, 9.17) is 9.90 Å². The lowest BCUT2D eigenvalue weighted by atomic mass is 10.1. The standard InChI is InChI=1S/C23H28N4O5S.C2HF3O2/c28-23(26-13-9-24-10-14-26)19-15-22(33(31,32)17-18-7-3-1-4-8-18)21(16-20(19)27(29)30)25-11-5-2-6-12-25;3-2(4,5)1(6)7/h1,3-4,7-8,15-16,24H,2,5-6,9-14,17H2;(H,6,7). The number of benzene rings is 2. The number of nitrogens with two attached hydrogens (primary N) is 1. The highest BCUT2D eigenvalue weighted by Gasteiger charge is 2.33. The summed E-state index contributed by atoms with van der Waals surface area (Å²) in [5.74, 6) is -3.73. The van der Waals surface area contributed by atoms with Crippen LogP contribution in [0.15, 0.2) is 47.4 Å². The van der Waals surface area contributed by atoms with Crippen LogP contribution in [0.2, 0.25) is 0 Å². The Morgan fingerprint density at radius 1 is 0.975 bits per heavy atom. The number of anilines is 1. The lowest BCUT2D eigenvalue weighted by Crippen LogP contribution is -2.89. The van der Waals surface area contributed by atoms with Gasteiger partial charge in [0, 0.05) is 19.2 Å². The number of carboxylic acids is 1. The Labute approximate surface area is 228 Å². The Kier molecular flexibility index (Phi) is 10.1. The minimum Gasteiger partial charge on any atom is -0.542 e. The van der Waals surface area contributed by atoms with Gasteiger partial charge in [0.25, 0.3) is 11.6 Å². The second kappa shape index (κ2) is 13.1. The van der Waals surface area contributed by atoms with Crippen LogP contribution in [0.1, 0.15) is 35.2 Å². The first kappa shape index (κ1) is 30.8. The molecule has 40 heavy (non-hydrogen) atoms. The van der Waals surface area contributed by atoms with Gasteiger partial charge in [0.2, 0.25) is 0 Å². The number of alkyl halides is 3. The summed E-state index contributed by atoms with van der Waals surface area (Å²) >= 11 is 0. The lowest BCUT2D eigenvalue weighted by molar-refractivity contribution is -0.661. The van der Waals surface area contributed by atoms with Crippen LogP contribution in [-0.2, 0) is 20.4 Å². The second-order valence-corrected chi connectivity index (χ2v) is 11.3. The largest absolute Gasteiger partial charge is 0.542 e. The van der Waals surface area contributed by atoms with Gasteiger partial charge >= 0.3 is 6.18 Å². The molecule has 15 heteroatoms. The number of piperidine rings is 1. The number of halogens is 3. The summed E-state index contributed by atoms with van der Waals surface area (Å²) in [5.41, 5.74) is 0.448. The molecule has 0 aliphatic carbocycles. The zero-order chi connectivity index (χ0) is 29.5. The molecule has 2 fully saturated rings. The molecule has 2 aliphatic heterocycles. The molecule has 11 nitrogen and oxygen atoms in total. The van der Waals surface area contributed by atoms with E-state index >= 15 is 0 Å². The van der Waals surface area contributed by atoms with Gasteiger partial charge in [0.1, 0.15) is 11.5 Å². The number of quaternary nitrogens is 1. The van der Waals surface area contributed by atoms with Gasteiger partial charge in [-0.1, -0.05) is 30.3 Å². The number of nitro groups is 1. The van der Waals surface area contributed by atoms with Crippen molar-refractivity contribution in [1.82, 2.24) is 4.90 Å². The van der Waals surface area contributed by atoms with Gasteiger partial charge < -0.3 is 25.0 Å². The molecule has 218 valence electrons. The Hall–Kier alpha value is -3.72. The number of nitrogens with zero attached hydrogens (tertiary/aromatic N) is 3. The van der Waals surface area contributed by atoms with E-state index in [9.17, 15) is 36.5 Å². The van der Waals surface area contributed by atoms with E-state index in [1.807, 2.05) is 11.0 Å². The highest BCUT2D eigenvalue weighted by Crippen LogP contribution is 2.36. The molecule has 0 aromatic heterocycles. The van der Waals surface area contributed by atoms with Crippen LogP contribution in [0.3, 0.4) is 0 Å². The Morgan fingerprint density at radius 3 is 2.08 bits per heavy atom. The molecule has 2 aliphatic rings. The van der Waals surface area contributed by atoms with Crippen molar-refractivity contribution >= 4 is 33.1 Å². The first-order valence-electron chi connectivity index (χ1n) is 12.5. The zero-order valence-corrected chi connectivity index (χ0v) is 22.2. The van der Waals surface area contributed by atoms with E-state index in [0.29, 0.717) is 50.5 Å². The summed E-state index contributed by atoms with van der Waals surface area (Å²) in [7, 11) is -3.86. The number of amides is 1. The van der Waals surface area contributed by atoms with E-state index < -0.39 is 32.8 Å². The molecule has 0 saturated carbocycles. The van der Waals surface area contributed by atoms with Gasteiger partial charge in [-0.2, -0.15) is 13.2 Å². The van der Waals surface area contributed by atoms with Crippen LogP contribution >= 0.6 is 0 Å². The molecule has 4 rings (SSSR count). The van der Waals surface area contributed by atoms with Gasteiger partial charge in [0.15, 0.2) is 9.84 Å². The minimum atomic E-state index is -5.19. The highest BCUT2D eigenvalue weighted by atomic mass is 32.2. The number of piperazine rings is 1. The van der Waals surface area contributed by atoms with E-state index in [2.05, 4.69) is 5.32 Å². The third-order valence-electron chi connectivity index (χ3n) is 6.46. The van der Waals surface area contributed by atoms with Crippen molar-refractivity contribution in [3.05, 3.63) is 63.7 Å². The van der Waals surface area contributed by atoms with E-state index in [1.54, 1.807) is 29.2 Å². The maximum Gasteiger partial charge on any atom is 0.430 e. The maximum atomic E-state index is 13.6. The van der Waals surface area contributed by atoms with E-state index in [0.717, 1.165) is 19.3 Å². The van der Waals surface area contributed by atoms with E-state index in [-0.39, 0.29) is 21.9 Å². The Morgan fingerprint density at radius 2 is 1.55 bits per heavy atom. The average Bonchev–Trinajstić information content (AvgIpc) is 2.93. The highest BCUT2D eigenvalue weighted by molar-refractivity contribution is 7.90. The fraction of sp³-hybridized carbons (Fsp3) is 0.440. The number of carbonyl (C=O) groups is 2. The van der Waals surface area contributed by atoms with Crippen molar-refractivity contribution in [3.8, 4) is 0 Å². The van der Waals surface area contributed by atoms with Crippen molar-refractivity contribution in [2.45, 2.75) is 36.1 Å². The first-order valence-corrected chi connectivity index (χ1v) is 14.2. The maximum absolute atomic E-state index is 13.6. The molecule has 2 heterocycles. The zero-order valence-electron chi connectivity index (χ0n) is 21.4. The van der Waals surface area contributed by atoms with Crippen LogP contribution < -0.4 is 15.3 Å². The molecular formula is C25H29F3N4O7S. The predicted octanol–water partition coefficient (Wildman–Crippen LogP) is 0.877. The molecule has 2 aromatic carbocycles. The topological polar surface area (TPSA) is 158 Å². The molecule has 2 N–H and O–H groups in total. The number of rotatable bonds is 6. The van der Waals surface area contributed by atoms with Gasteiger partial charge in [-0.25, -0.2) is 8.42 Å². The molecule has 0 atom stereocenters. The SMILES string of the molecule is O=C([O-])C(F)(F)F.O=C(c1cc(S(=O)(=O)Cc2ccccc2)c(N2CCCCC2)cc1[N+](=O)[O-])N1CC[NH2+]CC1. The number of carboxylic acid groups (broad SMARTS) is 1. The van der Waals surface area contributed by atoms with Crippen LogP contribution in [0.25, 0.3) is 0 Å². The van der Waals surface area contributed by atoms with Crippen LogP contribution in [-0.4, -0.2) is 75.6 Å². The Bertz CT molecular complexity index is 1330. The van der Waals surface area contributed by atoms with Gasteiger partial charge in [-0.05, 0) is 30.9 Å². The number of hydrogen-bond donors (Lipinski definition) is 1. The number of aliphatic carboxylic acids is 1. The molecule has 0 spiro atoms. The quantitative estimate of drug-likeness (QED) is 0.386. The monoisotopic (exact) mass is 586 g/mol. The summed E-state index contributed by atoms with van der Waals surface area (Å²) in [6.07, 6.45) is -2.39. The van der Waals surface area contributed by atoms with Crippen molar-refractivity contribution < 1.29 is 46.5 Å². The van der Waals surface area contributed by atoms with Crippen LogP contribution in [0.4, 0.5) is 24.5 Å². The van der Waals surface area contributed by atoms with Crippen molar-refractivity contribution in [1.29, 1.82) is 0 Å². The minimum absolute atomic E-state index is 0.00854. The van der Waals surface area contributed by atoms with Gasteiger partial charge in [-0.15, -0.1) is 0 Å². The molecular weight excluding hydrogens is 557 g/mol. The molecule has 2 saturated heterocycles. The summed E-state index contributed by atoms with van der Waals surface area (Å²) in [6.45, 7) is 3.61. The van der Waals surface area contributed by atoms with Gasteiger partial charge in [-0.3, -0.25) is 14.9 Å². The molecule has 1 amide bonds. The third-order valence-corrected chi connectivity index (χ3v) is 8.17. The number of sulfone groups is 1. The van der Waals surface area contributed by atoms with Crippen molar-refractivity contribution in [3.63, 3.8) is 0 Å². The third kappa shape index (κ3) is 7.91. The van der Waals surface area contributed by atoms with Crippen molar-refractivity contribution in [2.24, 2.45) is 0 Å². The average molecular weight is 587 g/mol. The normalized spacial score (nSPS) is 16.1. The smallest absolute Gasteiger partial charge is 0.430 e. The number of carbonyl (C=O) groups excluding carboxylic acids is 2. The van der Waals surface area contributed by atoms with Crippen LogP contribution in [0.5, 0.6) is 0 Å². The fourth-order valence-corrected chi connectivity index (χ4v) is 6.10. The van der Waals surface area contributed by atoms with Crippen LogP contribution in [0, 0.1) is 10.1 Å². The molecule has 0 radical (unpaired) electrons. The lowest BCUT2D eigenvalue weighted by Gasteiger charge is -2.31. The molecule has 2 aromatic rings. The van der Waals surface area contributed by atoms with Gasteiger partial charge in [0.05, 0.1) is 47.4 Å². The fourth-order valence-electron chi connectivity index (χ4n) is 4.51. The number of nitro benzene ring substituents is 1. The predicted molar refractivity (Wildman–Crippen MR) is 135 cm³/mol. The summed E-state index contributed by atoms with van der Waals surface area (Å²) < 4.78 is 58.7. The first-order chi connectivity index (χ1) is 18.8. The summed E-state index contributed by atoms with van der Waals surface area (Å²) in [4.78, 5) is 36.9. The second-order valence-electron chi connectivity index (χ2n) is 9.33. The molecule has 0 unspecified atom stereocenters. The van der Waals surface area contributed by atoms with Crippen molar-refractivity contribution in [2.75, 3.05) is 44.2 Å². The molecule has 0 bridgehead atoms.